The largest absolute Gasteiger partial charge is 0.480 e. The van der Waals surface area contributed by atoms with Crippen LogP contribution in [0.25, 0.3) is 0 Å². The number of halogens is 2. The highest BCUT2D eigenvalue weighted by molar-refractivity contribution is 9.10. The average Bonchev–Trinajstić information content (AvgIpc) is 2.79. The van der Waals surface area contributed by atoms with Gasteiger partial charge in [0.2, 0.25) is 5.91 Å². The van der Waals surface area contributed by atoms with Gasteiger partial charge >= 0.3 is 16.2 Å². The van der Waals surface area contributed by atoms with Gasteiger partial charge in [0.05, 0.1) is 0 Å². The van der Waals surface area contributed by atoms with Crippen molar-refractivity contribution in [1.29, 1.82) is 0 Å². The highest BCUT2D eigenvalue weighted by Gasteiger charge is 2.43. The minimum Gasteiger partial charge on any atom is -0.480 e. The molecule has 0 bridgehead atoms. The van der Waals surface area contributed by atoms with Crippen LogP contribution in [0, 0.1) is 0 Å². The lowest BCUT2D eigenvalue weighted by molar-refractivity contribution is -0.148. The summed E-state index contributed by atoms with van der Waals surface area (Å²) >= 11 is 3.26. The fraction of sp³-hybridized carbons (Fsp3) is 0.385. The molecule has 1 heterocycles. The molecule has 6 nitrogen and oxygen atoms in total. The quantitative estimate of drug-likeness (QED) is 0.762. The molecule has 1 aromatic carbocycles. The van der Waals surface area contributed by atoms with E-state index < -0.39 is 46.4 Å². The summed E-state index contributed by atoms with van der Waals surface area (Å²) in [7, 11) is -4.87. The Morgan fingerprint density at radius 1 is 1.41 bits per heavy atom. The Hall–Kier alpha value is -1.48. The molecule has 1 fully saturated rings. The van der Waals surface area contributed by atoms with E-state index in [2.05, 4.69) is 15.9 Å². The smallest absolute Gasteiger partial charge is 0.326 e. The zero-order valence-electron chi connectivity index (χ0n) is 11.3. The number of amides is 1. The number of likely N-dealkylation sites (tertiary alicyclic amines) is 1. The number of benzene rings is 1. The highest BCUT2D eigenvalue weighted by Crippen LogP contribution is 2.24. The molecule has 2 atom stereocenters. The fourth-order valence-corrected chi connectivity index (χ4v) is 3.31. The third kappa shape index (κ3) is 3.83. The maximum atomic E-state index is 13.0. The van der Waals surface area contributed by atoms with Crippen LogP contribution in [0.3, 0.4) is 0 Å². The van der Waals surface area contributed by atoms with Gasteiger partial charge in [0.25, 0.3) is 0 Å². The molecular weight excluding hydrogens is 381 g/mol. The van der Waals surface area contributed by atoms with Gasteiger partial charge in [-0.2, -0.15) is 8.42 Å². The molecule has 1 aliphatic heterocycles. The van der Waals surface area contributed by atoms with E-state index in [-0.39, 0.29) is 6.42 Å². The van der Waals surface area contributed by atoms with E-state index in [4.69, 9.17) is 0 Å². The van der Waals surface area contributed by atoms with Crippen molar-refractivity contribution in [3.63, 3.8) is 0 Å². The van der Waals surface area contributed by atoms with Crippen LogP contribution < -0.4 is 0 Å². The summed E-state index contributed by atoms with van der Waals surface area (Å²) in [5.41, 5.74) is 0.676. The molecule has 1 aliphatic rings. The number of carboxylic acids is 1. The number of hydrogen-bond acceptors (Lipinski definition) is 4. The molecule has 0 aliphatic carbocycles. The summed E-state index contributed by atoms with van der Waals surface area (Å²) in [6.07, 6.45) is -0.504. The summed E-state index contributed by atoms with van der Waals surface area (Å²) in [6.45, 7) is -0.439. The van der Waals surface area contributed by atoms with Crippen molar-refractivity contribution in [3.05, 3.63) is 34.3 Å². The Morgan fingerprint density at radius 2 is 2.00 bits per heavy atom. The third-order valence-electron chi connectivity index (χ3n) is 3.52. The number of hydrogen-bond donors (Lipinski definition) is 1. The van der Waals surface area contributed by atoms with Crippen molar-refractivity contribution in [1.82, 2.24) is 4.90 Å². The number of carbonyl (C=O) groups excluding carboxylic acids is 1. The van der Waals surface area contributed by atoms with Gasteiger partial charge in [-0.25, -0.2) is 4.79 Å². The first-order chi connectivity index (χ1) is 10.2. The van der Waals surface area contributed by atoms with Crippen LogP contribution in [-0.2, 0) is 26.2 Å². The standard InChI is InChI=1S/C13H13BrFNO5S/c14-9-3-1-8(2-4-9)5-11(13(18)19)16-7-10(6-12(16)17)22(15,20)21/h1-4,10-11H,5-7H2,(H,18,19)/t10?,11-/m0/s1. The van der Waals surface area contributed by atoms with Crippen molar-refractivity contribution in [3.8, 4) is 0 Å². The summed E-state index contributed by atoms with van der Waals surface area (Å²) in [6, 6.07) is 5.64. The zero-order valence-corrected chi connectivity index (χ0v) is 13.7. The number of carboxylic acid groups (broad SMARTS) is 1. The molecule has 0 spiro atoms. The Morgan fingerprint density at radius 3 is 2.45 bits per heavy atom. The van der Waals surface area contributed by atoms with Crippen molar-refractivity contribution >= 4 is 38.0 Å². The minimum absolute atomic E-state index is 0.0212. The molecule has 1 amide bonds. The average molecular weight is 394 g/mol. The second-order valence-electron chi connectivity index (χ2n) is 5.03. The molecular formula is C13H13BrFNO5S. The van der Waals surface area contributed by atoms with E-state index in [1.54, 1.807) is 24.3 Å². The molecule has 0 radical (unpaired) electrons. The SMILES string of the molecule is O=C(O)[C@H](Cc1ccc(Br)cc1)N1CC(S(=O)(=O)F)CC1=O. The monoisotopic (exact) mass is 393 g/mol. The molecule has 0 aromatic heterocycles. The maximum Gasteiger partial charge on any atom is 0.326 e. The number of carbonyl (C=O) groups is 2. The second-order valence-corrected chi connectivity index (χ2v) is 7.57. The van der Waals surface area contributed by atoms with Crippen LogP contribution in [0.15, 0.2) is 28.7 Å². The van der Waals surface area contributed by atoms with Crippen molar-refractivity contribution in [2.75, 3.05) is 6.54 Å². The maximum absolute atomic E-state index is 13.0. The molecule has 2 rings (SSSR count). The molecule has 1 saturated heterocycles. The van der Waals surface area contributed by atoms with Gasteiger partial charge in [-0.05, 0) is 17.7 Å². The first kappa shape index (κ1) is 16.9. The first-order valence-electron chi connectivity index (χ1n) is 6.38. The van der Waals surface area contributed by atoms with Gasteiger partial charge in [0.1, 0.15) is 11.3 Å². The van der Waals surface area contributed by atoms with Gasteiger partial charge in [-0.1, -0.05) is 28.1 Å². The molecule has 1 N–H and O–H groups in total. The van der Waals surface area contributed by atoms with Crippen molar-refractivity contribution in [2.24, 2.45) is 0 Å². The van der Waals surface area contributed by atoms with Crippen molar-refractivity contribution in [2.45, 2.75) is 24.1 Å². The molecule has 0 saturated carbocycles. The Bertz CT molecular complexity index is 691. The Kier molecular flexibility index (Phi) is 4.86. The third-order valence-corrected chi connectivity index (χ3v) is 5.17. The Labute approximate surface area is 135 Å². The Balaban J connectivity index is 2.20. The van der Waals surface area contributed by atoms with E-state index >= 15 is 0 Å². The normalized spacial score (nSPS) is 20.2. The summed E-state index contributed by atoms with van der Waals surface area (Å²) < 4.78 is 35.7. The first-order valence-corrected chi connectivity index (χ1v) is 8.62. The molecule has 1 unspecified atom stereocenters. The fourth-order valence-electron chi connectivity index (χ4n) is 2.36. The van der Waals surface area contributed by atoms with Crippen LogP contribution in [0.2, 0.25) is 0 Å². The van der Waals surface area contributed by atoms with Crippen LogP contribution in [0.4, 0.5) is 3.89 Å². The summed E-state index contributed by atoms with van der Waals surface area (Å²) in [4.78, 5) is 24.2. The van der Waals surface area contributed by atoms with Crippen LogP contribution in [0.1, 0.15) is 12.0 Å². The highest BCUT2D eigenvalue weighted by atomic mass is 79.9. The van der Waals surface area contributed by atoms with E-state index in [0.29, 0.717) is 5.56 Å². The summed E-state index contributed by atoms with van der Waals surface area (Å²) in [5, 5.41) is 7.82. The predicted octanol–water partition coefficient (Wildman–Crippen LogP) is 1.35. The molecule has 22 heavy (non-hydrogen) atoms. The second kappa shape index (κ2) is 6.33. The van der Waals surface area contributed by atoms with Crippen LogP contribution in [0.5, 0.6) is 0 Å². The molecule has 9 heteroatoms. The van der Waals surface area contributed by atoms with E-state index in [9.17, 15) is 27.0 Å². The molecule has 120 valence electrons. The summed E-state index contributed by atoms with van der Waals surface area (Å²) in [5.74, 6) is -1.93. The van der Waals surface area contributed by atoms with Crippen LogP contribution >= 0.6 is 15.9 Å². The van der Waals surface area contributed by atoms with Gasteiger partial charge in [0.15, 0.2) is 0 Å². The van der Waals surface area contributed by atoms with Gasteiger partial charge in [0, 0.05) is 23.9 Å². The van der Waals surface area contributed by atoms with E-state index in [0.717, 1.165) is 9.37 Å². The lowest BCUT2D eigenvalue weighted by Gasteiger charge is -2.24. The van der Waals surface area contributed by atoms with Gasteiger partial charge in [-0.3, -0.25) is 4.79 Å². The molecule has 1 aromatic rings. The zero-order chi connectivity index (χ0) is 16.5. The lowest BCUT2D eigenvalue weighted by atomic mass is 10.1. The van der Waals surface area contributed by atoms with Gasteiger partial charge in [-0.15, -0.1) is 3.89 Å². The van der Waals surface area contributed by atoms with E-state index in [1.807, 2.05) is 0 Å². The van der Waals surface area contributed by atoms with Crippen molar-refractivity contribution < 1.29 is 27.0 Å². The lowest BCUT2D eigenvalue weighted by Crippen LogP contribution is -2.44. The number of rotatable bonds is 5. The number of nitrogens with zero attached hydrogens (tertiary/aromatic N) is 1. The van der Waals surface area contributed by atoms with Crippen LogP contribution in [-0.4, -0.2) is 48.1 Å². The number of aliphatic carboxylic acids is 1. The van der Waals surface area contributed by atoms with Gasteiger partial charge < -0.3 is 10.0 Å². The topological polar surface area (TPSA) is 91.8 Å². The predicted molar refractivity (Wildman–Crippen MR) is 79.4 cm³/mol. The van der Waals surface area contributed by atoms with E-state index in [1.165, 1.54) is 0 Å². The minimum atomic E-state index is -4.87.